The second-order valence-electron chi connectivity index (χ2n) is 6.12. The fraction of sp³-hybridized carbons (Fsp3) is 0.625. The summed E-state index contributed by atoms with van der Waals surface area (Å²) in [6.45, 7) is 4.65. The summed E-state index contributed by atoms with van der Waals surface area (Å²) in [5.41, 5.74) is 1.10. The van der Waals surface area contributed by atoms with Gasteiger partial charge in [-0.3, -0.25) is 0 Å². The highest BCUT2D eigenvalue weighted by Crippen LogP contribution is 2.40. The zero-order chi connectivity index (χ0) is 14.0. The third-order valence-electron chi connectivity index (χ3n) is 4.30. The Hall–Kier alpha value is -0.600. The quantitative estimate of drug-likeness (QED) is 0.839. The minimum Gasteiger partial charge on any atom is -0.313 e. The van der Waals surface area contributed by atoms with Gasteiger partial charge in [-0.25, -0.2) is 4.39 Å². The second kappa shape index (κ2) is 6.23. The predicted molar refractivity (Wildman–Crippen MR) is 78.9 cm³/mol. The molecule has 1 N–H and O–H groups in total. The predicted octanol–water partition coefficient (Wildman–Crippen LogP) is 4.81. The smallest absolute Gasteiger partial charge is 0.141 e. The molecule has 3 atom stereocenters. The average molecular weight is 284 g/mol. The first-order chi connectivity index (χ1) is 9.01. The van der Waals surface area contributed by atoms with Crippen LogP contribution in [0.4, 0.5) is 4.39 Å². The van der Waals surface area contributed by atoms with Crippen LogP contribution in [0.5, 0.6) is 0 Å². The van der Waals surface area contributed by atoms with E-state index >= 15 is 0 Å². The molecule has 0 bridgehead atoms. The van der Waals surface area contributed by atoms with Gasteiger partial charge in [-0.2, -0.15) is 0 Å². The summed E-state index contributed by atoms with van der Waals surface area (Å²) < 4.78 is 13.3. The van der Waals surface area contributed by atoms with Crippen molar-refractivity contribution in [2.45, 2.75) is 39.2 Å². The summed E-state index contributed by atoms with van der Waals surface area (Å²) in [5.74, 6) is 1.79. The first kappa shape index (κ1) is 14.8. The lowest BCUT2D eigenvalue weighted by Crippen LogP contribution is -2.31. The van der Waals surface area contributed by atoms with Crippen LogP contribution in [-0.2, 0) is 0 Å². The van der Waals surface area contributed by atoms with Gasteiger partial charge >= 0.3 is 0 Å². The summed E-state index contributed by atoms with van der Waals surface area (Å²) in [6, 6.07) is 5.36. The van der Waals surface area contributed by atoms with Crippen LogP contribution in [-0.4, -0.2) is 7.05 Å². The Morgan fingerprint density at radius 2 is 1.84 bits per heavy atom. The van der Waals surface area contributed by atoms with Crippen LogP contribution >= 0.6 is 11.6 Å². The van der Waals surface area contributed by atoms with Gasteiger partial charge < -0.3 is 5.32 Å². The van der Waals surface area contributed by atoms with Crippen molar-refractivity contribution in [3.8, 4) is 0 Å². The zero-order valence-electron chi connectivity index (χ0n) is 11.9. The number of rotatable bonds is 3. The molecule has 1 fully saturated rings. The molecule has 0 heterocycles. The molecule has 1 aliphatic rings. The topological polar surface area (TPSA) is 12.0 Å². The first-order valence-electron chi connectivity index (χ1n) is 7.13. The van der Waals surface area contributed by atoms with E-state index in [1.54, 1.807) is 6.07 Å². The molecule has 3 unspecified atom stereocenters. The van der Waals surface area contributed by atoms with E-state index in [0.29, 0.717) is 5.92 Å². The highest BCUT2D eigenvalue weighted by atomic mass is 35.5. The molecule has 0 amide bonds. The summed E-state index contributed by atoms with van der Waals surface area (Å²) >= 11 is 5.91. The molecule has 0 spiro atoms. The molecule has 19 heavy (non-hydrogen) atoms. The molecule has 0 radical (unpaired) electrons. The number of benzene rings is 1. The van der Waals surface area contributed by atoms with E-state index in [9.17, 15) is 4.39 Å². The van der Waals surface area contributed by atoms with Crippen LogP contribution in [0.15, 0.2) is 18.2 Å². The Labute approximate surface area is 120 Å². The second-order valence-corrected chi connectivity index (χ2v) is 6.52. The van der Waals surface area contributed by atoms with Gasteiger partial charge in [-0.15, -0.1) is 0 Å². The molecular weight excluding hydrogens is 261 g/mol. The van der Waals surface area contributed by atoms with Gasteiger partial charge in [-0.1, -0.05) is 31.5 Å². The average Bonchev–Trinajstić information content (AvgIpc) is 2.33. The maximum absolute atomic E-state index is 13.3. The maximum Gasteiger partial charge on any atom is 0.141 e. The molecule has 1 aromatic carbocycles. The van der Waals surface area contributed by atoms with Crippen molar-refractivity contribution < 1.29 is 4.39 Å². The van der Waals surface area contributed by atoms with E-state index in [4.69, 9.17) is 11.6 Å². The molecule has 2 rings (SSSR count). The highest BCUT2D eigenvalue weighted by Gasteiger charge is 2.30. The van der Waals surface area contributed by atoms with Crippen LogP contribution in [0, 0.1) is 23.6 Å². The number of nitrogens with one attached hydrogen (secondary N) is 1. The minimum atomic E-state index is -0.342. The zero-order valence-corrected chi connectivity index (χ0v) is 12.7. The Bertz CT molecular complexity index is 425. The Balaban J connectivity index is 2.21. The van der Waals surface area contributed by atoms with Gasteiger partial charge in [0.25, 0.3) is 0 Å². The fourth-order valence-corrected chi connectivity index (χ4v) is 3.85. The van der Waals surface area contributed by atoms with Crippen LogP contribution in [0.3, 0.4) is 0 Å². The van der Waals surface area contributed by atoms with E-state index < -0.39 is 0 Å². The van der Waals surface area contributed by atoms with E-state index in [2.05, 4.69) is 19.2 Å². The molecule has 1 nitrogen and oxygen atoms in total. The van der Waals surface area contributed by atoms with Gasteiger partial charge in [0.1, 0.15) is 5.82 Å². The van der Waals surface area contributed by atoms with Crippen molar-refractivity contribution in [3.05, 3.63) is 34.6 Å². The van der Waals surface area contributed by atoms with Crippen LogP contribution in [0.2, 0.25) is 5.02 Å². The van der Waals surface area contributed by atoms with Crippen LogP contribution in [0.1, 0.15) is 44.7 Å². The molecular formula is C16H23ClFN. The van der Waals surface area contributed by atoms with Gasteiger partial charge in [-0.05, 0) is 61.8 Å². The largest absolute Gasteiger partial charge is 0.313 e. The van der Waals surface area contributed by atoms with Crippen molar-refractivity contribution in [2.75, 3.05) is 7.05 Å². The summed E-state index contributed by atoms with van der Waals surface area (Å²) in [6.07, 6.45) is 3.77. The van der Waals surface area contributed by atoms with Gasteiger partial charge in [0, 0.05) is 6.04 Å². The van der Waals surface area contributed by atoms with Gasteiger partial charge in [0.2, 0.25) is 0 Å². The SMILES string of the molecule is CNC(c1ccc(F)c(Cl)c1)C1CC(C)CC(C)C1. The maximum atomic E-state index is 13.3. The van der Waals surface area contributed by atoms with Crippen molar-refractivity contribution in [1.82, 2.24) is 5.32 Å². The van der Waals surface area contributed by atoms with E-state index in [0.717, 1.165) is 17.4 Å². The van der Waals surface area contributed by atoms with Gasteiger partial charge in [0.15, 0.2) is 0 Å². The van der Waals surface area contributed by atoms with Crippen molar-refractivity contribution in [3.63, 3.8) is 0 Å². The van der Waals surface area contributed by atoms with E-state index in [-0.39, 0.29) is 16.9 Å². The van der Waals surface area contributed by atoms with Crippen LogP contribution < -0.4 is 5.32 Å². The third kappa shape index (κ3) is 3.49. The molecule has 3 heteroatoms. The molecule has 0 aliphatic heterocycles. The van der Waals surface area contributed by atoms with Crippen molar-refractivity contribution in [2.24, 2.45) is 17.8 Å². The molecule has 0 saturated heterocycles. The molecule has 106 valence electrons. The standard InChI is InChI=1S/C16H23ClFN/c1-10-6-11(2)8-13(7-10)16(19-3)12-4-5-15(18)14(17)9-12/h4-5,9-11,13,16,19H,6-8H2,1-3H3. The lowest BCUT2D eigenvalue weighted by Gasteiger charge is -2.36. The highest BCUT2D eigenvalue weighted by molar-refractivity contribution is 6.30. The monoisotopic (exact) mass is 283 g/mol. The minimum absolute atomic E-state index is 0.217. The normalized spacial score (nSPS) is 29.2. The summed E-state index contributed by atoms with van der Waals surface area (Å²) in [5, 5.41) is 3.61. The Kier molecular flexibility index (Phi) is 4.86. The first-order valence-corrected chi connectivity index (χ1v) is 7.51. The summed E-state index contributed by atoms with van der Waals surface area (Å²) in [4.78, 5) is 0. The molecule has 1 aromatic rings. The number of hydrogen-bond donors (Lipinski definition) is 1. The van der Waals surface area contributed by atoms with E-state index in [1.165, 1.54) is 25.3 Å². The molecule has 1 saturated carbocycles. The molecule has 1 aliphatic carbocycles. The molecule has 0 aromatic heterocycles. The van der Waals surface area contributed by atoms with Crippen molar-refractivity contribution in [1.29, 1.82) is 0 Å². The fourth-order valence-electron chi connectivity index (χ4n) is 3.66. The van der Waals surface area contributed by atoms with Crippen molar-refractivity contribution >= 4 is 11.6 Å². The van der Waals surface area contributed by atoms with Gasteiger partial charge in [0.05, 0.1) is 5.02 Å². The number of hydrogen-bond acceptors (Lipinski definition) is 1. The Morgan fingerprint density at radius 1 is 1.21 bits per heavy atom. The lowest BCUT2D eigenvalue weighted by molar-refractivity contribution is 0.180. The Morgan fingerprint density at radius 3 is 2.37 bits per heavy atom. The summed E-state index contributed by atoms with van der Waals surface area (Å²) in [7, 11) is 1.98. The van der Waals surface area contributed by atoms with E-state index in [1.807, 2.05) is 13.1 Å². The van der Waals surface area contributed by atoms with Crippen LogP contribution in [0.25, 0.3) is 0 Å². The lowest BCUT2D eigenvalue weighted by atomic mass is 9.72. The third-order valence-corrected chi connectivity index (χ3v) is 4.59. The number of halogens is 2.